The van der Waals surface area contributed by atoms with E-state index >= 15 is 0 Å². The number of phenolic OH excluding ortho intramolecular Hbond substituents is 1. The lowest BCUT2D eigenvalue weighted by Crippen LogP contribution is -2.28. The largest absolute Gasteiger partial charge is 0.508 e. The number of rotatable bonds is 3. The van der Waals surface area contributed by atoms with E-state index in [0.29, 0.717) is 0 Å². The third kappa shape index (κ3) is 2.85. The summed E-state index contributed by atoms with van der Waals surface area (Å²) in [4.78, 5) is 0. The zero-order valence-corrected chi connectivity index (χ0v) is 19.9. The second-order valence-electron chi connectivity index (χ2n) is 9.52. The zero-order chi connectivity index (χ0) is 24.3. The number of aromatic hydroxyl groups is 1. The Labute approximate surface area is 210 Å². The predicted octanol–water partition coefficient (Wildman–Crippen LogP) is 8.07. The monoisotopic (exact) mass is 464 g/mol. The smallest absolute Gasteiger partial charge is 0.119 e. The maximum Gasteiger partial charge on any atom is 0.119 e. The molecule has 36 heavy (non-hydrogen) atoms. The first-order chi connectivity index (χ1) is 17.7. The van der Waals surface area contributed by atoms with Crippen molar-refractivity contribution in [3.05, 3.63) is 144 Å². The van der Waals surface area contributed by atoms with Crippen LogP contribution in [0.1, 0.15) is 22.3 Å². The summed E-state index contributed by atoms with van der Waals surface area (Å²) in [6, 6.07) is 42.8. The van der Waals surface area contributed by atoms with Gasteiger partial charge in [0.25, 0.3) is 0 Å². The van der Waals surface area contributed by atoms with Gasteiger partial charge in [0.05, 0.1) is 12.5 Å². The minimum Gasteiger partial charge on any atom is -0.508 e. The average molecular weight is 465 g/mol. The summed E-state index contributed by atoms with van der Waals surface area (Å²) in [5.74, 6) is 1.14. The minimum atomic E-state index is -0.465. The highest BCUT2D eigenvalue weighted by Crippen LogP contribution is 2.56. The standard InChI is InChI=1S/C34H24O2/c1-36-29-17-13-23-19-27(15-11-25(23)21-29)34(26-14-10-24-20-28(35)16-12-22(24)18-26)32-8-4-2-6-30(32)31-7-3-5-9-33(31)34/h2-21,35H,1H3. The fraction of sp³-hybridized carbons (Fsp3) is 0.0588. The molecular formula is C34H24O2. The van der Waals surface area contributed by atoms with Crippen LogP contribution in [-0.4, -0.2) is 12.2 Å². The second-order valence-corrected chi connectivity index (χ2v) is 9.52. The lowest BCUT2D eigenvalue weighted by molar-refractivity contribution is 0.415. The topological polar surface area (TPSA) is 29.5 Å². The Balaban J connectivity index is 1.60. The average Bonchev–Trinajstić information content (AvgIpc) is 3.23. The highest BCUT2D eigenvalue weighted by molar-refractivity contribution is 5.92. The van der Waals surface area contributed by atoms with E-state index in [2.05, 4.69) is 97.1 Å². The van der Waals surface area contributed by atoms with Gasteiger partial charge in [-0.1, -0.05) is 84.9 Å². The van der Waals surface area contributed by atoms with Crippen molar-refractivity contribution in [2.75, 3.05) is 7.11 Å². The molecule has 2 nitrogen and oxygen atoms in total. The SMILES string of the molecule is COc1ccc2cc(C3(c4ccc5cc(O)ccc5c4)c4ccccc4-c4ccccc43)ccc2c1. The molecule has 1 N–H and O–H groups in total. The van der Waals surface area contributed by atoms with Gasteiger partial charge in [0, 0.05) is 0 Å². The first-order valence-electron chi connectivity index (χ1n) is 12.2. The van der Waals surface area contributed by atoms with E-state index in [1.807, 2.05) is 18.2 Å². The van der Waals surface area contributed by atoms with Crippen LogP contribution in [0.3, 0.4) is 0 Å². The Bertz CT molecular complexity index is 1750. The van der Waals surface area contributed by atoms with Crippen molar-refractivity contribution in [2.24, 2.45) is 0 Å². The molecule has 2 heteroatoms. The number of hydrogen-bond acceptors (Lipinski definition) is 2. The van der Waals surface area contributed by atoms with E-state index in [1.54, 1.807) is 13.2 Å². The first-order valence-corrected chi connectivity index (χ1v) is 12.2. The number of methoxy groups -OCH3 is 1. The Morgan fingerprint density at radius 1 is 0.528 bits per heavy atom. The quantitative estimate of drug-likeness (QED) is 0.286. The maximum atomic E-state index is 10.0. The molecule has 0 saturated heterocycles. The Kier molecular flexibility index (Phi) is 4.46. The molecule has 1 aliphatic carbocycles. The van der Waals surface area contributed by atoms with Gasteiger partial charge in [0.15, 0.2) is 0 Å². The molecular weight excluding hydrogens is 440 g/mol. The highest BCUT2D eigenvalue weighted by atomic mass is 16.5. The molecule has 6 aromatic carbocycles. The molecule has 0 radical (unpaired) electrons. The van der Waals surface area contributed by atoms with Crippen LogP contribution >= 0.6 is 0 Å². The molecule has 6 aromatic rings. The van der Waals surface area contributed by atoms with Crippen LogP contribution in [0, 0.1) is 0 Å². The third-order valence-corrected chi connectivity index (χ3v) is 7.69. The molecule has 0 aromatic heterocycles. The van der Waals surface area contributed by atoms with E-state index in [4.69, 9.17) is 4.74 Å². The van der Waals surface area contributed by atoms with E-state index in [-0.39, 0.29) is 5.75 Å². The number of benzene rings is 6. The summed E-state index contributed by atoms with van der Waals surface area (Å²) in [6.45, 7) is 0. The molecule has 0 spiro atoms. The zero-order valence-electron chi connectivity index (χ0n) is 19.9. The Morgan fingerprint density at radius 3 is 1.64 bits per heavy atom. The van der Waals surface area contributed by atoms with Gasteiger partial charge in [-0.25, -0.2) is 0 Å². The molecule has 0 aliphatic heterocycles. The van der Waals surface area contributed by atoms with Gasteiger partial charge in [-0.2, -0.15) is 0 Å². The van der Waals surface area contributed by atoms with Gasteiger partial charge < -0.3 is 9.84 Å². The normalized spacial score (nSPS) is 13.5. The van der Waals surface area contributed by atoms with Gasteiger partial charge in [-0.05, 0) is 91.3 Å². The van der Waals surface area contributed by atoms with Gasteiger partial charge in [-0.3, -0.25) is 0 Å². The number of phenols is 1. The first kappa shape index (κ1) is 20.8. The van der Waals surface area contributed by atoms with Crippen molar-refractivity contribution in [3.63, 3.8) is 0 Å². The molecule has 7 rings (SSSR count). The van der Waals surface area contributed by atoms with E-state index in [1.165, 1.54) is 38.8 Å². The Morgan fingerprint density at radius 2 is 1.03 bits per heavy atom. The van der Waals surface area contributed by atoms with Gasteiger partial charge in [-0.15, -0.1) is 0 Å². The fourth-order valence-corrected chi connectivity index (χ4v) is 6.07. The Hall–Kier alpha value is -4.56. The van der Waals surface area contributed by atoms with Crippen molar-refractivity contribution < 1.29 is 9.84 Å². The van der Waals surface area contributed by atoms with Crippen LogP contribution in [-0.2, 0) is 5.41 Å². The fourth-order valence-electron chi connectivity index (χ4n) is 6.07. The molecule has 0 atom stereocenters. The highest BCUT2D eigenvalue weighted by Gasteiger charge is 2.46. The van der Waals surface area contributed by atoms with Crippen LogP contribution in [0.5, 0.6) is 11.5 Å². The van der Waals surface area contributed by atoms with E-state index in [0.717, 1.165) is 21.9 Å². The molecule has 0 bridgehead atoms. The van der Waals surface area contributed by atoms with Crippen LogP contribution in [0.2, 0.25) is 0 Å². The summed E-state index contributed by atoms with van der Waals surface area (Å²) in [6.07, 6.45) is 0. The summed E-state index contributed by atoms with van der Waals surface area (Å²) in [5.41, 5.74) is 7.10. The van der Waals surface area contributed by atoms with Gasteiger partial charge in [0.2, 0.25) is 0 Å². The van der Waals surface area contributed by atoms with Gasteiger partial charge >= 0.3 is 0 Å². The molecule has 0 unspecified atom stereocenters. The van der Waals surface area contributed by atoms with Crippen LogP contribution in [0.4, 0.5) is 0 Å². The lowest BCUT2D eigenvalue weighted by Gasteiger charge is -2.34. The number of fused-ring (bicyclic) bond motifs is 5. The van der Waals surface area contributed by atoms with Crippen molar-refractivity contribution >= 4 is 21.5 Å². The number of hydrogen-bond donors (Lipinski definition) is 1. The summed E-state index contributed by atoms with van der Waals surface area (Å²) < 4.78 is 5.47. The molecule has 1 aliphatic rings. The summed E-state index contributed by atoms with van der Waals surface area (Å²) >= 11 is 0. The minimum absolute atomic E-state index is 0.284. The summed E-state index contributed by atoms with van der Waals surface area (Å²) in [7, 11) is 1.70. The van der Waals surface area contributed by atoms with E-state index < -0.39 is 5.41 Å². The molecule has 172 valence electrons. The second kappa shape index (κ2) is 7.73. The molecule has 0 amide bonds. The van der Waals surface area contributed by atoms with Crippen molar-refractivity contribution in [1.29, 1.82) is 0 Å². The van der Waals surface area contributed by atoms with Crippen LogP contribution in [0.25, 0.3) is 32.7 Å². The maximum absolute atomic E-state index is 10.0. The third-order valence-electron chi connectivity index (χ3n) is 7.69. The predicted molar refractivity (Wildman–Crippen MR) is 147 cm³/mol. The summed E-state index contributed by atoms with van der Waals surface area (Å²) in [5, 5.41) is 14.5. The van der Waals surface area contributed by atoms with Crippen LogP contribution in [0.15, 0.2) is 121 Å². The van der Waals surface area contributed by atoms with E-state index in [9.17, 15) is 5.11 Å². The van der Waals surface area contributed by atoms with Gasteiger partial charge in [0.1, 0.15) is 11.5 Å². The van der Waals surface area contributed by atoms with Crippen molar-refractivity contribution in [2.45, 2.75) is 5.41 Å². The number of ether oxygens (including phenoxy) is 1. The van der Waals surface area contributed by atoms with Crippen molar-refractivity contribution in [3.8, 4) is 22.6 Å². The lowest BCUT2D eigenvalue weighted by atomic mass is 9.67. The molecule has 0 saturated carbocycles. The van der Waals surface area contributed by atoms with Crippen molar-refractivity contribution in [1.82, 2.24) is 0 Å². The van der Waals surface area contributed by atoms with Crippen LogP contribution < -0.4 is 4.74 Å². The molecule has 0 heterocycles. The molecule has 0 fully saturated rings.